The highest BCUT2D eigenvalue weighted by Crippen LogP contribution is 2.29. The number of carbonyl (C=O) groups is 1. The minimum absolute atomic E-state index is 0. The van der Waals surface area contributed by atoms with Gasteiger partial charge in [0.15, 0.2) is 0 Å². The van der Waals surface area contributed by atoms with Gasteiger partial charge in [0.05, 0.1) is 11.1 Å². The molecule has 1 heterocycles. The maximum absolute atomic E-state index is 12.8. The quantitative estimate of drug-likeness (QED) is 0.889. The topological polar surface area (TPSA) is 60.1 Å². The van der Waals surface area contributed by atoms with Crippen molar-refractivity contribution in [1.82, 2.24) is 9.88 Å². The van der Waals surface area contributed by atoms with Crippen LogP contribution in [0.25, 0.3) is 5.69 Å². The number of aromatic nitrogens is 1. The number of nitrogens with zero attached hydrogens (tertiary/aromatic N) is 1. The minimum atomic E-state index is -0.216. The van der Waals surface area contributed by atoms with Gasteiger partial charge in [-0.25, -0.2) is 0 Å². The minimum Gasteiger partial charge on any atom is -0.345 e. The van der Waals surface area contributed by atoms with E-state index >= 15 is 0 Å². The third-order valence-corrected chi connectivity index (χ3v) is 5.02. The molecule has 0 saturated heterocycles. The number of amides is 1. The molecule has 3 N–H and O–H groups in total. The van der Waals surface area contributed by atoms with Gasteiger partial charge in [0.1, 0.15) is 0 Å². The molecule has 130 valence electrons. The summed E-state index contributed by atoms with van der Waals surface area (Å²) in [6.07, 6.45) is 4.24. The van der Waals surface area contributed by atoms with Crippen LogP contribution in [0.2, 0.25) is 0 Å². The molecule has 1 fully saturated rings. The van der Waals surface area contributed by atoms with Crippen molar-refractivity contribution in [1.29, 1.82) is 0 Å². The fraction of sp³-hybridized carbons (Fsp3) is 0.421. The fourth-order valence-electron chi connectivity index (χ4n) is 3.71. The fourth-order valence-corrected chi connectivity index (χ4v) is 3.71. The smallest absolute Gasteiger partial charge is 0.253 e. The summed E-state index contributed by atoms with van der Waals surface area (Å²) in [5.74, 6) is -0.00682. The number of rotatable bonds is 4. The average molecular weight is 348 g/mol. The van der Waals surface area contributed by atoms with E-state index in [4.69, 9.17) is 5.73 Å². The van der Waals surface area contributed by atoms with Crippen molar-refractivity contribution in [3.8, 4) is 5.69 Å². The average Bonchev–Trinajstić information content (AvgIpc) is 3.13. The molecule has 0 bridgehead atoms. The number of nitrogens with one attached hydrogen (secondary N) is 1. The molecule has 5 heteroatoms. The number of halogens is 1. The zero-order chi connectivity index (χ0) is 16.4. The Balaban J connectivity index is 0.00000208. The molecular formula is C19H26ClN3O. The van der Waals surface area contributed by atoms with Gasteiger partial charge in [-0.1, -0.05) is 31.0 Å². The van der Waals surface area contributed by atoms with Gasteiger partial charge in [0, 0.05) is 23.6 Å². The van der Waals surface area contributed by atoms with Gasteiger partial charge in [-0.3, -0.25) is 4.79 Å². The number of aryl methyl sites for hydroxylation is 1. The van der Waals surface area contributed by atoms with E-state index in [1.165, 1.54) is 0 Å². The van der Waals surface area contributed by atoms with Crippen molar-refractivity contribution >= 4 is 18.3 Å². The summed E-state index contributed by atoms with van der Waals surface area (Å²) in [5, 5.41) is 3.21. The molecule has 0 aliphatic heterocycles. The molecule has 0 atom stereocenters. The van der Waals surface area contributed by atoms with E-state index in [2.05, 4.69) is 22.0 Å². The Kier molecular flexibility index (Phi) is 5.73. The van der Waals surface area contributed by atoms with Crippen molar-refractivity contribution in [2.45, 2.75) is 45.1 Å². The molecule has 1 saturated carbocycles. The van der Waals surface area contributed by atoms with Gasteiger partial charge in [-0.15, -0.1) is 12.4 Å². The van der Waals surface area contributed by atoms with Gasteiger partial charge in [-0.05, 0) is 44.9 Å². The number of hydrogen-bond acceptors (Lipinski definition) is 2. The highest BCUT2D eigenvalue weighted by molar-refractivity contribution is 5.96. The van der Waals surface area contributed by atoms with Crippen molar-refractivity contribution in [3.05, 3.63) is 53.3 Å². The van der Waals surface area contributed by atoms with E-state index in [1.54, 1.807) is 0 Å². The zero-order valence-corrected chi connectivity index (χ0v) is 15.2. The first kappa shape index (κ1) is 18.6. The maximum atomic E-state index is 12.8. The Morgan fingerprint density at radius 2 is 1.83 bits per heavy atom. The number of carbonyl (C=O) groups excluding carboxylic acids is 1. The van der Waals surface area contributed by atoms with Gasteiger partial charge in [-0.2, -0.15) is 0 Å². The van der Waals surface area contributed by atoms with E-state index in [1.807, 2.05) is 38.1 Å². The second-order valence-corrected chi connectivity index (χ2v) is 6.60. The lowest BCUT2D eigenvalue weighted by Gasteiger charge is -2.28. The predicted molar refractivity (Wildman–Crippen MR) is 100 cm³/mol. The number of nitrogens with two attached hydrogens (primary N) is 1. The lowest BCUT2D eigenvalue weighted by molar-refractivity contribution is 0.0902. The summed E-state index contributed by atoms with van der Waals surface area (Å²) < 4.78 is 2.12. The molecule has 1 aliphatic rings. The molecule has 1 aromatic carbocycles. The molecule has 0 spiro atoms. The predicted octanol–water partition coefficient (Wildman–Crippen LogP) is 3.52. The van der Waals surface area contributed by atoms with E-state index in [-0.39, 0.29) is 23.9 Å². The maximum Gasteiger partial charge on any atom is 0.253 e. The summed E-state index contributed by atoms with van der Waals surface area (Å²) in [7, 11) is 0. The monoisotopic (exact) mass is 347 g/mol. The Morgan fingerprint density at radius 3 is 2.42 bits per heavy atom. The molecule has 2 aromatic rings. The summed E-state index contributed by atoms with van der Waals surface area (Å²) in [6, 6.07) is 12.1. The van der Waals surface area contributed by atoms with E-state index in [0.717, 1.165) is 48.3 Å². The Bertz CT molecular complexity index is 703. The van der Waals surface area contributed by atoms with E-state index in [9.17, 15) is 4.79 Å². The summed E-state index contributed by atoms with van der Waals surface area (Å²) in [4.78, 5) is 12.8. The van der Waals surface area contributed by atoms with Crippen LogP contribution >= 0.6 is 12.4 Å². The first-order valence-corrected chi connectivity index (χ1v) is 8.33. The van der Waals surface area contributed by atoms with Crippen molar-refractivity contribution < 1.29 is 4.79 Å². The van der Waals surface area contributed by atoms with Crippen LogP contribution in [0.15, 0.2) is 36.4 Å². The largest absolute Gasteiger partial charge is 0.345 e. The molecule has 0 radical (unpaired) electrons. The molecule has 1 aromatic heterocycles. The van der Waals surface area contributed by atoms with Gasteiger partial charge < -0.3 is 15.6 Å². The molecule has 24 heavy (non-hydrogen) atoms. The van der Waals surface area contributed by atoms with Gasteiger partial charge >= 0.3 is 0 Å². The standard InChI is InChI=1S/C19H25N3O.ClH/c1-14-12-17(15(2)22(14)16-8-4-3-5-9-16)18(23)21-19(13-20)10-6-7-11-19;/h3-5,8-9,12H,6-7,10-11,13,20H2,1-2H3,(H,21,23);1H. The van der Waals surface area contributed by atoms with Gasteiger partial charge in [0.25, 0.3) is 5.91 Å². The normalized spacial score (nSPS) is 15.8. The lowest BCUT2D eigenvalue weighted by Crippen LogP contribution is -2.51. The second-order valence-electron chi connectivity index (χ2n) is 6.60. The SMILES string of the molecule is Cc1cc(C(=O)NC2(CN)CCCC2)c(C)n1-c1ccccc1.Cl. The molecule has 0 unspecified atom stereocenters. The van der Waals surface area contributed by atoms with Gasteiger partial charge in [0.2, 0.25) is 0 Å². The van der Waals surface area contributed by atoms with Crippen LogP contribution in [0.3, 0.4) is 0 Å². The van der Waals surface area contributed by atoms with Crippen molar-refractivity contribution in [2.75, 3.05) is 6.54 Å². The van der Waals surface area contributed by atoms with Crippen LogP contribution in [0.1, 0.15) is 47.4 Å². The zero-order valence-electron chi connectivity index (χ0n) is 14.3. The summed E-state index contributed by atoms with van der Waals surface area (Å²) in [5.41, 5.74) is 9.58. The van der Waals surface area contributed by atoms with Crippen LogP contribution in [0, 0.1) is 13.8 Å². The Hall–Kier alpha value is -1.78. The van der Waals surface area contributed by atoms with E-state index in [0.29, 0.717) is 6.54 Å². The third kappa shape index (κ3) is 3.35. The third-order valence-electron chi connectivity index (χ3n) is 5.02. The summed E-state index contributed by atoms with van der Waals surface area (Å²) >= 11 is 0. The molecule has 3 rings (SSSR count). The van der Waals surface area contributed by atoms with Crippen molar-refractivity contribution in [2.24, 2.45) is 5.73 Å². The second kappa shape index (κ2) is 7.41. The molecule has 1 aliphatic carbocycles. The van der Waals surface area contributed by atoms with Crippen LogP contribution < -0.4 is 11.1 Å². The first-order valence-electron chi connectivity index (χ1n) is 8.33. The molecule has 1 amide bonds. The van der Waals surface area contributed by atoms with E-state index < -0.39 is 0 Å². The van der Waals surface area contributed by atoms with Crippen LogP contribution in [0.5, 0.6) is 0 Å². The highest BCUT2D eigenvalue weighted by atomic mass is 35.5. The first-order chi connectivity index (χ1) is 11.1. The summed E-state index contributed by atoms with van der Waals surface area (Å²) in [6.45, 7) is 4.54. The Labute approximate surface area is 149 Å². The van der Waals surface area contributed by atoms with Crippen LogP contribution in [-0.2, 0) is 0 Å². The number of para-hydroxylation sites is 1. The molecular weight excluding hydrogens is 322 g/mol. The Morgan fingerprint density at radius 1 is 1.21 bits per heavy atom. The van der Waals surface area contributed by atoms with Crippen molar-refractivity contribution in [3.63, 3.8) is 0 Å². The number of hydrogen-bond donors (Lipinski definition) is 2. The van der Waals surface area contributed by atoms with Crippen LogP contribution in [-0.4, -0.2) is 22.6 Å². The number of benzene rings is 1. The van der Waals surface area contributed by atoms with Crippen LogP contribution in [0.4, 0.5) is 0 Å². The molecule has 4 nitrogen and oxygen atoms in total. The lowest BCUT2D eigenvalue weighted by atomic mass is 9.97. The highest BCUT2D eigenvalue weighted by Gasteiger charge is 2.34.